The van der Waals surface area contributed by atoms with Crippen molar-refractivity contribution in [3.8, 4) is 0 Å². The molecule has 1 fully saturated rings. The van der Waals surface area contributed by atoms with Crippen molar-refractivity contribution in [1.29, 1.82) is 0 Å². The standard InChI is InChI=1S/C19H23ClFNO4/c1-5-25-16(23)10-15(22-18(24)26-19(2,3)4)14-9-12(20)8-13(17(14)21)11-6-7-11/h8-9,11H,5-7,10H2,1-4H3. The Labute approximate surface area is 157 Å². The van der Waals surface area contributed by atoms with E-state index in [-0.39, 0.29) is 30.2 Å². The summed E-state index contributed by atoms with van der Waals surface area (Å²) in [4.78, 5) is 27.8. The maximum Gasteiger partial charge on any atom is 0.434 e. The van der Waals surface area contributed by atoms with E-state index in [9.17, 15) is 14.0 Å². The van der Waals surface area contributed by atoms with Crippen molar-refractivity contribution >= 4 is 29.4 Å². The van der Waals surface area contributed by atoms with Crippen LogP contribution in [0.4, 0.5) is 9.18 Å². The summed E-state index contributed by atoms with van der Waals surface area (Å²) in [5.41, 5.74) is -0.312. The lowest BCUT2D eigenvalue weighted by Gasteiger charge is -2.18. The van der Waals surface area contributed by atoms with E-state index in [1.807, 2.05) is 0 Å². The van der Waals surface area contributed by atoms with Crippen LogP contribution in [0.2, 0.25) is 5.02 Å². The minimum Gasteiger partial charge on any atom is -0.466 e. The molecule has 0 heterocycles. The molecule has 1 aliphatic carbocycles. The Hall–Kier alpha value is -1.95. The highest BCUT2D eigenvalue weighted by molar-refractivity contribution is 6.31. The summed E-state index contributed by atoms with van der Waals surface area (Å²) in [7, 11) is 0. The predicted molar refractivity (Wildman–Crippen MR) is 97.4 cm³/mol. The fourth-order valence-electron chi connectivity index (χ4n) is 2.45. The van der Waals surface area contributed by atoms with Crippen LogP contribution >= 0.6 is 11.6 Å². The Morgan fingerprint density at radius 1 is 1.31 bits per heavy atom. The second-order valence-electron chi connectivity index (χ2n) is 7.15. The first-order valence-corrected chi connectivity index (χ1v) is 8.94. The van der Waals surface area contributed by atoms with Gasteiger partial charge in [0.1, 0.15) is 11.4 Å². The van der Waals surface area contributed by atoms with Gasteiger partial charge in [-0.25, -0.2) is 9.18 Å². The maximum absolute atomic E-state index is 15.0. The number of halogens is 2. The second-order valence-corrected chi connectivity index (χ2v) is 7.59. The number of rotatable bonds is 5. The predicted octanol–water partition coefficient (Wildman–Crippen LogP) is 5.03. The molecule has 1 aromatic carbocycles. The van der Waals surface area contributed by atoms with Gasteiger partial charge in [0.15, 0.2) is 0 Å². The Bertz CT molecular complexity index is 736. The molecule has 26 heavy (non-hydrogen) atoms. The molecular formula is C19H23ClFNO4. The molecule has 0 radical (unpaired) electrons. The molecule has 142 valence electrons. The molecule has 1 amide bonds. The fourth-order valence-corrected chi connectivity index (χ4v) is 2.68. The van der Waals surface area contributed by atoms with Crippen molar-refractivity contribution in [2.45, 2.75) is 58.5 Å². The summed E-state index contributed by atoms with van der Waals surface area (Å²) in [5.74, 6) is -1.01. The van der Waals surface area contributed by atoms with Crippen LogP contribution in [-0.2, 0) is 14.3 Å². The van der Waals surface area contributed by atoms with E-state index in [0.717, 1.165) is 12.8 Å². The quantitative estimate of drug-likeness (QED) is 0.528. The Morgan fingerprint density at radius 2 is 1.96 bits per heavy atom. The van der Waals surface area contributed by atoms with Crippen molar-refractivity contribution in [1.82, 2.24) is 0 Å². The van der Waals surface area contributed by atoms with E-state index in [4.69, 9.17) is 21.1 Å². The lowest BCUT2D eigenvalue weighted by molar-refractivity contribution is -0.141. The number of hydrogen-bond donors (Lipinski definition) is 0. The fraction of sp³-hybridized carbons (Fsp3) is 0.526. The molecule has 0 aliphatic heterocycles. The van der Waals surface area contributed by atoms with Gasteiger partial charge >= 0.3 is 12.1 Å². The van der Waals surface area contributed by atoms with Crippen LogP contribution < -0.4 is 0 Å². The summed E-state index contributed by atoms with van der Waals surface area (Å²) in [6, 6.07) is 2.94. The molecular weight excluding hydrogens is 361 g/mol. The van der Waals surface area contributed by atoms with Crippen LogP contribution in [0.1, 0.15) is 64.0 Å². The van der Waals surface area contributed by atoms with Gasteiger partial charge in [-0.3, -0.25) is 4.79 Å². The second kappa shape index (κ2) is 8.16. The van der Waals surface area contributed by atoms with Crippen molar-refractivity contribution in [3.05, 3.63) is 34.1 Å². The third kappa shape index (κ3) is 5.80. The van der Waals surface area contributed by atoms with Gasteiger partial charge < -0.3 is 9.47 Å². The summed E-state index contributed by atoms with van der Waals surface area (Å²) >= 11 is 6.12. The first kappa shape index (κ1) is 20.4. The molecule has 0 atom stereocenters. The van der Waals surface area contributed by atoms with E-state index in [2.05, 4.69) is 4.99 Å². The van der Waals surface area contributed by atoms with E-state index >= 15 is 0 Å². The molecule has 2 rings (SSSR count). The zero-order chi connectivity index (χ0) is 19.5. The van der Waals surface area contributed by atoms with Gasteiger partial charge in [-0.2, -0.15) is 4.99 Å². The van der Waals surface area contributed by atoms with E-state index < -0.39 is 23.5 Å². The highest BCUT2D eigenvalue weighted by Crippen LogP contribution is 2.43. The number of amides is 1. The van der Waals surface area contributed by atoms with E-state index in [1.165, 1.54) is 6.07 Å². The first-order chi connectivity index (χ1) is 12.1. The van der Waals surface area contributed by atoms with Gasteiger partial charge in [-0.1, -0.05) is 11.6 Å². The first-order valence-electron chi connectivity index (χ1n) is 8.56. The maximum atomic E-state index is 15.0. The lowest BCUT2D eigenvalue weighted by atomic mass is 10.0. The average molecular weight is 384 g/mol. The number of hydrogen-bond acceptors (Lipinski definition) is 4. The minimum absolute atomic E-state index is 0.0262. The highest BCUT2D eigenvalue weighted by Gasteiger charge is 2.30. The van der Waals surface area contributed by atoms with Crippen molar-refractivity contribution in [3.63, 3.8) is 0 Å². The molecule has 0 bridgehead atoms. The molecule has 0 N–H and O–H groups in total. The largest absolute Gasteiger partial charge is 0.466 e. The normalized spacial score (nSPS) is 14.9. The lowest BCUT2D eigenvalue weighted by Crippen LogP contribution is -2.23. The van der Waals surface area contributed by atoms with Crippen molar-refractivity contribution in [2.75, 3.05) is 6.61 Å². The number of carbonyl (C=O) groups excluding carboxylic acids is 2. The van der Waals surface area contributed by atoms with Crippen LogP contribution in [0, 0.1) is 5.82 Å². The van der Waals surface area contributed by atoms with Gasteiger partial charge in [0, 0.05) is 10.6 Å². The SMILES string of the molecule is CCOC(=O)CC(=NC(=O)OC(C)(C)C)c1cc(Cl)cc(C2CC2)c1F. The zero-order valence-electron chi connectivity index (χ0n) is 15.4. The third-order valence-corrected chi connectivity index (χ3v) is 3.85. The van der Waals surface area contributed by atoms with Gasteiger partial charge in [0.25, 0.3) is 0 Å². The minimum atomic E-state index is -0.899. The summed E-state index contributed by atoms with van der Waals surface area (Å²) < 4.78 is 25.0. The Morgan fingerprint density at radius 3 is 2.50 bits per heavy atom. The van der Waals surface area contributed by atoms with Crippen LogP contribution in [0.15, 0.2) is 17.1 Å². The molecule has 0 saturated heterocycles. The van der Waals surface area contributed by atoms with Gasteiger partial charge in [0.2, 0.25) is 0 Å². The highest BCUT2D eigenvalue weighted by atomic mass is 35.5. The smallest absolute Gasteiger partial charge is 0.434 e. The average Bonchev–Trinajstić information content (AvgIpc) is 3.31. The Kier molecular flexibility index (Phi) is 6.39. The number of ether oxygens (including phenoxy) is 2. The Balaban J connectivity index is 2.43. The number of esters is 1. The molecule has 1 aromatic rings. The van der Waals surface area contributed by atoms with Crippen molar-refractivity contribution in [2.24, 2.45) is 4.99 Å². The molecule has 1 saturated carbocycles. The summed E-state index contributed by atoms with van der Waals surface area (Å²) in [5, 5.41) is 0.323. The van der Waals surface area contributed by atoms with Gasteiger partial charge in [-0.15, -0.1) is 0 Å². The van der Waals surface area contributed by atoms with Crippen LogP contribution in [0.5, 0.6) is 0 Å². The van der Waals surface area contributed by atoms with Gasteiger partial charge in [-0.05, 0) is 64.2 Å². The molecule has 7 heteroatoms. The van der Waals surface area contributed by atoms with Crippen LogP contribution in [0.3, 0.4) is 0 Å². The third-order valence-electron chi connectivity index (χ3n) is 3.63. The van der Waals surface area contributed by atoms with Crippen LogP contribution in [-0.4, -0.2) is 30.0 Å². The summed E-state index contributed by atoms with van der Waals surface area (Å²) in [6.45, 7) is 6.90. The van der Waals surface area contributed by atoms with Gasteiger partial charge in [0.05, 0.1) is 18.7 Å². The van der Waals surface area contributed by atoms with Crippen LogP contribution in [0.25, 0.3) is 0 Å². The number of nitrogens with zero attached hydrogens (tertiary/aromatic N) is 1. The summed E-state index contributed by atoms with van der Waals surface area (Å²) in [6.07, 6.45) is 0.512. The zero-order valence-corrected chi connectivity index (χ0v) is 16.2. The molecule has 5 nitrogen and oxygen atoms in total. The van der Waals surface area contributed by atoms with Crippen molar-refractivity contribution < 1.29 is 23.5 Å². The number of benzene rings is 1. The van der Waals surface area contributed by atoms with E-state index in [1.54, 1.807) is 33.8 Å². The molecule has 1 aliphatic rings. The molecule has 0 spiro atoms. The van der Waals surface area contributed by atoms with E-state index in [0.29, 0.717) is 10.6 Å². The molecule has 0 aromatic heterocycles. The number of aliphatic imine (C=N–C) groups is 1. The monoisotopic (exact) mass is 383 g/mol. The topological polar surface area (TPSA) is 65.0 Å². The number of carbonyl (C=O) groups is 2. The molecule has 0 unspecified atom stereocenters.